The molecule has 0 saturated heterocycles. The summed E-state index contributed by atoms with van der Waals surface area (Å²) in [6.45, 7) is 3.75. The Labute approximate surface area is 179 Å². The zero-order valence-corrected chi connectivity index (χ0v) is 17.8. The molecular weight excluding hydrogens is 406 g/mol. The number of primary amides is 1. The number of benzene rings is 2. The van der Waals surface area contributed by atoms with Gasteiger partial charge in [-0.2, -0.15) is 0 Å². The van der Waals surface area contributed by atoms with Gasteiger partial charge in [0, 0.05) is 28.2 Å². The van der Waals surface area contributed by atoms with E-state index in [1.54, 1.807) is 18.2 Å². The quantitative estimate of drug-likeness (QED) is 0.618. The van der Waals surface area contributed by atoms with Crippen LogP contribution in [0.15, 0.2) is 42.5 Å². The maximum absolute atomic E-state index is 13.0. The Morgan fingerprint density at radius 3 is 2.13 bits per heavy atom. The molecule has 3 rings (SSSR count). The molecule has 0 aliphatic carbocycles. The van der Waals surface area contributed by atoms with E-state index >= 15 is 0 Å². The van der Waals surface area contributed by atoms with Crippen LogP contribution in [-0.2, 0) is 0 Å². The van der Waals surface area contributed by atoms with Crippen LogP contribution >= 0.6 is 11.6 Å². The molecule has 0 radical (unpaired) electrons. The average Bonchev–Trinajstić information content (AvgIpc) is 3.02. The van der Waals surface area contributed by atoms with E-state index in [4.69, 9.17) is 26.8 Å². The van der Waals surface area contributed by atoms with Crippen LogP contribution in [-0.4, -0.2) is 30.6 Å². The van der Waals surface area contributed by atoms with Gasteiger partial charge in [-0.15, -0.1) is 0 Å². The lowest BCUT2D eigenvalue weighted by Gasteiger charge is -2.14. The molecule has 1 heterocycles. The topological polar surface area (TPSA) is 95.6 Å². The lowest BCUT2D eigenvalue weighted by molar-refractivity contribution is 0.100. The molecule has 0 aliphatic rings. The van der Waals surface area contributed by atoms with Crippen LogP contribution in [0.2, 0.25) is 5.02 Å². The number of nitrogens with two attached hydrogens (primary N) is 1. The third-order valence-electron chi connectivity index (χ3n) is 4.80. The van der Waals surface area contributed by atoms with E-state index in [2.05, 4.69) is 5.32 Å². The van der Waals surface area contributed by atoms with Gasteiger partial charge < -0.3 is 25.1 Å². The molecular formula is C22H22ClN3O4. The van der Waals surface area contributed by atoms with Crippen molar-refractivity contribution < 1.29 is 19.1 Å². The largest absolute Gasteiger partial charge is 0.493 e. The van der Waals surface area contributed by atoms with Gasteiger partial charge in [0.25, 0.3) is 11.8 Å². The number of carbonyl (C=O) groups is 2. The second-order valence-corrected chi connectivity index (χ2v) is 7.10. The van der Waals surface area contributed by atoms with Gasteiger partial charge in [0.2, 0.25) is 0 Å². The van der Waals surface area contributed by atoms with E-state index in [1.807, 2.05) is 30.5 Å². The first-order chi connectivity index (χ1) is 14.3. The second kappa shape index (κ2) is 8.51. The molecule has 7 nitrogen and oxygen atoms in total. The van der Waals surface area contributed by atoms with Gasteiger partial charge in [0.1, 0.15) is 0 Å². The predicted octanol–water partition coefficient (Wildman–Crippen LogP) is 4.12. The van der Waals surface area contributed by atoms with Crippen molar-refractivity contribution in [3.05, 3.63) is 70.0 Å². The molecule has 0 saturated carbocycles. The number of anilines is 1. The molecule has 156 valence electrons. The van der Waals surface area contributed by atoms with E-state index in [0.29, 0.717) is 22.1 Å². The van der Waals surface area contributed by atoms with Crippen molar-refractivity contribution in [2.75, 3.05) is 19.5 Å². The van der Waals surface area contributed by atoms with Gasteiger partial charge in [-0.05, 0) is 50.2 Å². The van der Waals surface area contributed by atoms with Crippen LogP contribution in [0.25, 0.3) is 5.69 Å². The van der Waals surface area contributed by atoms with E-state index < -0.39 is 5.91 Å². The van der Waals surface area contributed by atoms with Crippen molar-refractivity contribution >= 4 is 29.1 Å². The number of rotatable bonds is 6. The summed E-state index contributed by atoms with van der Waals surface area (Å²) < 4.78 is 12.4. The zero-order valence-electron chi connectivity index (χ0n) is 17.1. The number of methoxy groups -OCH3 is 2. The molecule has 8 heteroatoms. The zero-order chi connectivity index (χ0) is 22.0. The molecule has 2 amide bonds. The highest BCUT2D eigenvalue weighted by atomic mass is 35.5. The van der Waals surface area contributed by atoms with E-state index in [-0.39, 0.29) is 17.2 Å². The number of halogens is 1. The first-order valence-corrected chi connectivity index (χ1v) is 9.46. The van der Waals surface area contributed by atoms with Crippen molar-refractivity contribution in [1.82, 2.24) is 4.57 Å². The molecule has 0 spiro atoms. The monoisotopic (exact) mass is 427 g/mol. The van der Waals surface area contributed by atoms with Gasteiger partial charge >= 0.3 is 0 Å². The van der Waals surface area contributed by atoms with E-state index in [0.717, 1.165) is 17.1 Å². The highest BCUT2D eigenvalue weighted by molar-refractivity contribution is 6.30. The fourth-order valence-electron chi connectivity index (χ4n) is 3.36. The van der Waals surface area contributed by atoms with E-state index in [1.165, 1.54) is 26.4 Å². The van der Waals surface area contributed by atoms with Crippen molar-refractivity contribution in [3.8, 4) is 17.2 Å². The molecule has 0 aliphatic heterocycles. The maximum Gasteiger partial charge on any atom is 0.257 e. The second-order valence-electron chi connectivity index (χ2n) is 6.67. The summed E-state index contributed by atoms with van der Waals surface area (Å²) in [5.41, 5.74) is 8.82. The first-order valence-electron chi connectivity index (χ1n) is 9.08. The van der Waals surface area contributed by atoms with Crippen molar-refractivity contribution in [2.45, 2.75) is 13.8 Å². The number of nitrogens with one attached hydrogen (secondary N) is 1. The van der Waals surface area contributed by atoms with Crippen LogP contribution in [0, 0.1) is 13.8 Å². The Bertz CT molecular complexity index is 1120. The molecule has 3 N–H and O–H groups in total. The van der Waals surface area contributed by atoms with Crippen LogP contribution in [0.1, 0.15) is 32.1 Å². The molecule has 30 heavy (non-hydrogen) atoms. The number of hydrogen-bond acceptors (Lipinski definition) is 4. The number of ether oxygens (including phenoxy) is 2. The maximum atomic E-state index is 13.0. The average molecular weight is 428 g/mol. The van der Waals surface area contributed by atoms with Gasteiger partial charge in [0.05, 0.1) is 31.0 Å². The summed E-state index contributed by atoms with van der Waals surface area (Å²) in [6.07, 6.45) is 0. The molecule has 0 atom stereocenters. The standard InChI is InChI=1S/C22H22ClN3O4/c1-12-9-16(13(2)26(12)15-7-5-14(23)6-8-15)22(28)25-18-11-20(30-4)19(29-3)10-17(18)21(24)27/h5-11H,1-4H3,(H2,24,27)(H,25,28). The molecule has 2 aromatic carbocycles. The van der Waals surface area contributed by atoms with Crippen molar-refractivity contribution in [2.24, 2.45) is 5.73 Å². The first kappa shape index (κ1) is 21.3. The minimum absolute atomic E-state index is 0.118. The van der Waals surface area contributed by atoms with Gasteiger partial charge in [-0.3, -0.25) is 9.59 Å². The summed E-state index contributed by atoms with van der Waals surface area (Å²) in [7, 11) is 2.92. The van der Waals surface area contributed by atoms with Crippen molar-refractivity contribution in [3.63, 3.8) is 0 Å². The van der Waals surface area contributed by atoms with E-state index in [9.17, 15) is 9.59 Å². The number of nitrogens with zero attached hydrogens (tertiary/aromatic N) is 1. The summed E-state index contributed by atoms with van der Waals surface area (Å²) >= 11 is 5.98. The lowest BCUT2D eigenvalue weighted by Crippen LogP contribution is -2.19. The number of hydrogen-bond donors (Lipinski definition) is 2. The fourth-order valence-corrected chi connectivity index (χ4v) is 3.48. The third kappa shape index (κ3) is 3.97. The minimum Gasteiger partial charge on any atom is -0.493 e. The Hall–Kier alpha value is -3.45. The highest BCUT2D eigenvalue weighted by Gasteiger charge is 2.21. The fraction of sp³-hybridized carbons (Fsp3) is 0.182. The minimum atomic E-state index is -0.696. The SMILES string of the molecule is COc1cc(NC(=O)c2cc(C)n(-c3ccc(Cl)cc3)c2C)c(C(N)=O)cc1OC. The number of aromatic nitrogens is 1. The Morgan fingerprint density at radius 1 is 0.967 bits per heavy atom. The van der Waals surface area contributed by atoms with Crippen molar-refractivity contribution in [1.29, 1.82) is 0 Å². The molecule has 0 bridgehead atoms. The molecule has 3 aromatic rings. The van der Waals surface area contributed by atoms with Crippen LogP contribution < -0.4 is 20.5 Å². The summed E-state index contributed by atoms with van der Waals surface area (Å²) in [4.78, 5) is 24.9. The van der Waals surface area contributed by atoms with Gasteiger partial charge in [-0.1, -0.05) is 11.6 Å². The number of carbonyl (C=O) groups excluding carboxylic acids is 2. The molecule has 0 unspecified atom stereocenters. The third-order valence-corrected chi connectivity index (χ3v) is 5.05. The van der Waals surface area contributed by atoms with Crippen LogP contribution in [0.5, 0.6) is 11.5 Å². The van der Waals surface area contributed by atoms with Gasteiger partial charge in [-0.25, -0.2) is 0 Å². The smallest absolute Gasteiger partial charge is 0.257 e. The Kier molecular flexibility index (Phi) is 6.03. The Morgan fingerprint density at radius 2 is 1.57 bits per heavy atom. The predicted molar refractivity (Wildman–Crippen MR) is 116 cm³/mol. The van der Waals surface area contributed by atoms with Crippen LogP contribution in [0.3, 0.4) is 0 Å². The summed E-state index contributed by atoms with van der Waals surface area (Å²) in [5, 5.41) is 3.40. The number of aryl methyl sites for hydroxylation is 1. The van der Waals surface area contributed by atoms with Gasteiger partial charge in [0.15, 0.2) is 11.5 Å². The highest BCUT2D eigenvalue weighted by Crippen LogP contribution is 2.34. The normalized spacial score (nSPS) is 10.6. The summed E-state index contributed by atoms with van der Waals surface area (Å²) in [5.74, 6) is -0.370. The lowest BCUT2D eigenvalue weighted by atomic mass is 10.1. The Balaban J connectivity index is 2.00. The number of amides is 2. The summed E-state index contributed by atoms with van der Waals surface area (Å²) in [6, 6.07) is 12.1. The van der Waals surface area contributed by atoms with Crippen LogP contribution in [0.4, 0.5) is 5.69 Å². The molecule has 1 aromatic heterocycles. The molecule has 0 fully saturated rings.